The lowest BCUT2D eigenvalue weighted by Crippen LogP contribution is -2.14. The molecule has 1 aromatic carbocycles. The number of amides is 1. The van der Waals surface area contributed by atoms with Gasteiger partial charge in [-0.05, 0) is 30.7 Å². The quantitative estimate of drug-likeness (QED) is 0.803. The summed E-state index contributed by atoms with van der Waals surface area (Å²) >= 11 is 0. The third kappa shape index (κ3) is 3.25. The van der Waals surface area contributed by atoms with E-state index in [1.54, 1.807) is 31.5 Å². The Morgan fingerprint density at radius 3 is 2.91 bits per heavy atom. The number of fused-ring (bicyclic) bond motifs is 1. The number of aromatic nitrogens is 3. The summed E-state index contributed by atoms with van der Waals surface area (Å²) in [5.74, 6) is -0.645. The molecular weight excluding hydrogens is 306 g/mol. The van der Waals surface area contributed by atoms with Crippen molar-refractivity contribution in [3.05, 3.63) is 54.0 Å². The maximum atomic E-state index is 12.5. The summed E-state index contributed by atoms with van der Waals surface area (Å²) in [5.41, 5.74) is 1.50. The molecule has 0 spiro atoms. The number of nitrogens with zero attached hydrogens (tertiary/aromatic N) is 3. The number of aryl methyl sites for hydroxylation is 1. The number of benzene rings is 1. The summed E-state index contributed by atoms with van der Waals surface area (Å²) in [6.45, 7) is -1.25. The van der Waals surface area contributed by atoms with Crippen LogP contribution >= 0.6 is 0 Å². The number of hydrogen-bond acceptors (Lipinski definition) is 4. The molecule has 0 aliphatic heterocycles. The highest BCUT2D eigenvalue weighted by atomic mass is 19.3. The van der Waals surface area contributed by atoms with Crippen molar-refractivity contribution in [2.24, 2.45) is 0 Å². The fourth-order valence-corrected chi connectivity index (χ4v) is 2.05. The van der Waals surface area contributed by atoms with Gasteiger partial charge in [-0.1, -0.05) is 6.07 Å². The second-order valence-corrected chi connectivity index (χ2v) is 4.78. The first kappa shape index (κ1) is 14.9. The predicted octanol–water partition coefficient (Wildman–Crippen LogP) is 2.89. The van der Waals surface area contributed by atoms with Crippen molar-refractivity contribution in [1.82, 2.24) is 14.6 Å². The summed E-state index contributed by atoms with van der Waals surface area (Å²) < 4.78 is 30.8. The van der Waals surface area contributed by atoms with Crippen molar-refractivity contribution < 1.29 is 18.3 Å². The minimum atomic E-state index is -2.98. The van der Waals surface area contributed by atoms with E-state index in [-0.39, 0.29) is 17.1 Å². The summed E-state index contributed by atoms with van der Waals surface area (Å²) in [5, 5.41) is 6.59. The molecule has 1 amide bonds. The van der Waals surface area contributed by atoms with Gasteiger partial charge in [-0.2, -0.15) is 13.9 Å². The number of carbonyl (C=O) groups excluding carboxylic acids is 1. The van der Waals surface area contributed by atoms with E-state index in [1.165, 1.54) is 22.7 Å². The van der Waals surface area contributed by atoms with Crippen molar-refractivity contribution in [1.29, 1.82) is 0 Å². The molecule has 0 aliphatic rings. The molecule has 3 rings (SSSR count). The zero-order valence-electron chi connectivity index (χ0n) is 12.0. The van der Waals surface area contributed by atoms with Crippen LogP contribution in [0.1, 0.15) is 16.1 Å². The van der Waals surface area contributed by atoms with E-state index < -0.39 is 12.5 Å². The van der Waals surface area contributed by atoms with Crippen LogP contribution in [0.25, 0.3) is 5.65 Å². The lowest BCUT2D eigenvalue weighted by molar-refractivity contribution is -0.0494. The van der Waals surface area contributed by atoms with Gasteiger partial charge >= 0.3 is 6.61 Å². The van der Waals surface area contributed by atoms with E-state index in [9.17, 15) is 13.6 Å². The molecule has 6 nitrogen and oxygen atoms in total. The van der Waals surface area contributed by atoms with Crippen LogP contribution in [0.15, 0.2) is 42.7 Å². The Labute approximate surface area is 129 Å². The second kappa shape index (κ2) is 5.99. The molecule has 0 saturated carbocycles. The summed E-state index contributed by atoms with van der Waals surface area (Å²) in [7, 11) is 0. The largest absolute Gasteiger partial charge is 0.433 e. The molecule has 0 bridgehead atoms. The third-order valence-electron chi connectivity index (χ3n) is 3.07. The van der Waals surface area contributed by atoms with E-state index in [2.05, 4.69) is 20.1 Å². The van der Waals surface area contributed by atoms with Crippen molar-refractivity contribution in [2.45, 2.75) is 13.5 Å². The Bertz CT molecular complexity index is 831. The van der Waals surface area contributed by atoms with Crippen LogP contribution in [0.5, 0.6) is 5.75 Å². The van der Waals surface area contributed by atoms with E-state index in [4.69, 9.17) is 0 Å². The predicted molar refractivity (Wildman–Crippen MR) is 78.8 cm³/mol. The van der Waals surface area contributed by atoms with Crippen molar-refractivity contribution in [3.63, 3.8) is 0 Å². The van der Waals surface area contributed by atoms with Gasteiger partial charge < -0.3 is 10.1 Å². The molecular formula is C15H12F2N4O2. The van der Waals surface area contributed by atoms with Crippen LogP contribution in [0.4, 0.5) is 14.5 Å². The standard InChI is InChI=1S/C15H12F2N4O2/c1-9-3-4-10(12(7-9)23-15(16)17)19-14(22)11-8-13-18-5-2-6-21(13)20-11/h2-8,15H,1H3,(H,19,22). The van der Waals surface area contributed by atoms with Crippen LogP contribution in [0.3, 0.4) is 0 Å². The monoisotopic (exact) mass is 318 g/mol. The van der Waals surface area contributed by atoms with E-state index >= 15 is 0 Å². The van der Waals surface area contributed by atoms with Crippen molar-refractivity contribution in [2.75, 3.05) is 5.32 Å². The minimum Gasteiger partial charge on any atom is -0.433 e. The molecule has 0 atom stereocenters. The number of alkyl halides is 2. The van der Waals surface area contributed by atoms with Gasteiger partial charge in [-0.25, -0.2) is 9.50 Å². The number of anilines is 1. The Hall–Kier alpha value is -3.03. The minimum absolute atomic E-state index is 0.102. The lowest BCUT2D eigenvalue weighted by Gasteiger charge is -2.12. The van der Waals surface area contributed by atoms with Crippen LogP contribution in [0, 0.1) is 6.92 Å². The fourth-order valence-electron chi connectivity index (χ4n) is 2.05. The van der Waals surface area contributed by atoms with Crippen LogP contribution < -0.4 is 10.1 Å². The van der Waals surface area contributed by atoms with Gasteiger partial charge in [-0.3, -0.25) is 4.79 Å². The molecule has 3 aromatic rings. The molecule has 118 valence electrons. The smallest absolute Gasteiger partial charge is 0.387 e. The first-order chi connectivity index (χ1) is 11.0. The summed E-state index contributed by atoms with van der Waals surface area (Å²) in [6.07, 6.45) is 3.23. The molecule has 0 radical (unpaired) electrons. The number of hydrogen-bond donors (Lipinski definition) is 1. The van der Waals surface area contributed by atoms with Gasteiger partial charge in [-0.15, -0.1) is 0 Å². The number of nitrogens with one attached hydrogen (secondary N) is 1. The highest BCUT2D eigenvalue weighted by molar-refractivity contribution is 6.04. The first-order valence-corrected chi connectivity index (χ1v) is 6.70. The molecule has 2 aromatic heterocycles. The summed E-state index contributed by atoms with van der Waals surface area (Å²) in [4.78, 5) is 16.3. The number of halogens is 2. The fraction of sp³-hybridized carbons (Fsp3) is 0.133. The zero-order valence-corrected chi connectivity index (χ0v) is 12.0. The van der Waals surface area contributed by atoms with Gasteiger partial charge in [0, 0.05) is 18.5 Å². The van der Waals surface area contributed by atoms with Gasteiger partial charge in [0.25, 0.3) is 5.91 Å². The molecule has 0 fully saturated rings. The van der Waals surface area contributed by atoms with Gasteiger partial charge in [0.1, 0.15) is 5.75 Å². The highest BCUT2D eigenvalue weighted by Crippen LogP contribution is 2.27. The first-order valence-electron chi connectivity index (χ1n) is 6.70. The van der Waals surface area contributed by atoms with Crippen LogP contribution in [-0.2, 0) is 0 Å². The molecule has 0 saturated heterocycles. The Morgan fingerprint density at radius 2 is 2.17 bits per heavy atom. The number of ether oxygens (including phenoxy) is 1. The second-order valence-electron chi connectivity index (χ2n) is 4.78. The topological polar surface area (TPSA) is 68.5 Å². The van der Waals surface area contributed by atoms with Gasteiger partial charge in [0.15, 0.2) is 11.3 Å². The highest BCUT2D eigenvalue weighted by Gasteiger charge is 2.16. The van der Waals surface area contributed by atoms with E-state index in [1.807, 2.05) is 0 Å². The van der Waals surface area contributed by atoms with Crippen LogP contribution in [0.2, 0.25) is 0 Å². The van der Waals surface area contributed by atoms with E-state index in [0.717, 1.165) is 5.56 Å². The van der Waals surface area contributed by atoms with Gasteiger partial charge in [0.2, 0.25) is 0 Å². The molecule has 2 heterocycles. The number of rotatable bonds is 4. The molecule has 0 aliphatic carbocycles. The zero-order chi connectivity index (χ0) is 16.4. The maximum absolute atomic E-state index is 12.5. The molecule has 8 heteroatoms. The van der Waals surface area contributed by atoms with Crippen molar-refractivity contribution in [3.8, 4) is 5.75 Å². The van der Waals surface area contributed by atoms with E-state index in [0.29, 0.717) is 5.65 Å². The Morgan fingerprint density at radius 1 is 1.35 bits per heavy atom. The SMILES string of the molecule is Cc1ccc(NC(=O)c2cc3ncccn3n2)c(OC(F)F)c1. The molecule has 23 heavy (non-hydrogen) atoms. The Kier molecular flexibility index (Phi) is 3.88. The van der Waals surface area contributed by atoms with Crippen LogP contribution in [-0.4, -0.2) is 27.1 Å². The normalized spacial score (nSPS) is 11.0. The average Bonchev–Trinajstić information content (AvgIpc) is 2.93. The average molecular weight is 318 g/mol. The van der Waals surface area contributed by atoms with Gasteiger partial charge in [0.05, 0.1) is 5.69 Å². The third-order valence-corrected chi connectivity index (χ3v) is 3.07. The summed E-state index contributed by atoms with van der Waals surface area (Å²) in [6, 6.07) is 7.78. The molecule has 1 N–H and O–H groups in total. The molecule has 0 unspecified atom stereocenters. The maximum Gasteiger partial charge on any atom is 0.387 e. The lowest BCUT2D eigenvalue weighted by atomic mass is 10.2. The van der Waals surface area contributed by atoms with Crippen molar-refractivity contribution >= 4 is 17.2 Å². The Balaban J connectivity index is 1.87. The number of carbonyl (C=O) groups is 1.